The van der Waals surface area contributed by atoms with E-state index in [1.807, 2.05) is 42.0 Å². The van der Waals surface area contributed by atoms with Gasteiger partial charge in [0, 0.05) is 39.7 Å². The zero-order valence-corrected chi connectivity index (χ0v) is 17.2. The van der Waals surface area contributed by atoms with Crippen LogP contribution in [0.4, 0.5) is 0 Å². The highest BCUT2D eigenvalue weighted by Gasteiger charge is 2.19. The molecule has 0 saturated carbocycles. The van der Waals surface area contributed by atoms with E-state index in [0.29, 0.717) is 15.6 Å². The number of nitrogens with zero attached hydrogens (tertiary/aromatic N) is 2. The Morgan fingerprint density at radius 2 is 1.74 bits per heavy atom. The fourth-order valence-electron chi connectivity index (χ4n) is 2.81. The molecule has 0 spiro atoms. The summed E-state index contributed by atoms with van der Waals surface area (Å²) in [5.74, 6) is 0.607. The summed E-state index contributed by atoms with van der Waals surface area (Å²) in [7, 11) is -3.62. The maximum atomic E-state index is 12.5. The van der Waals surface area contributed by atoms with Crippen molar-refractivity contribution >= 4 is 33.2 Å². The number of hydrogen-bond donors (Lipinski definition) is 1. The second kappa shape index (κ2) is 8.02. The molecule has 2 aromatic carbocycles. The second-order valence-electron chi connectivity index (χ2n) is 6.23. The lowest BCUT2D eigenvalue weighted by atomic mass is 10.1. The van der Waals surface area contributed by atoms with Crippen molar-refractivity contribution in [2.75, 3.05) is 0 Å². The summed E-state index contributed by atoms with van der Waals surface area (Å²) in [6.45, 7) is 3.72. The minimum Gasteiger partial charge on any atom is -0.304 e. The summed E-state index contributed by atoms with van der Waals surface area (Å²) in [6, 6.07) is 12.2. The second-order valence-corrected chi connectivity index (χ2v) is 8.80. The van der Waals surface area contributed by atoms with Crippen molar-refractivity contribution in [3.8, 4) is 5.69 Å². The number of benzene rings is 2. The van der Waals surface area contributed by atoms with Crippen LogP contribution in [0.5, 0.6) is 0 Å². The van der Waals surface area contributed by atoms with Gasteiger partial charge in [-0.05, 0) is 43.7 Å². The van der Waals surface area contributed by atoms with Crippen LogP contribution in [0.3, 0.4) is 0 Å². The highest BCUT2D eigenvalue weighted by Crippen LogP contribution is 2.26. The minimum absolute atomic E-state index is 0.276. The van der Waals surface area contributed by atoms with Gasteiger partial charge in [0.05, 0.1) is 5.75 Å². The number of sulfonamides is 1. The highest BCUT2D eigenvalue weighted by molar-refractivity contribution is 7.88. The maximum absolute atomic E-state index is 12.5. The van der Waals surface area contributed by atoms with Crippen molar-refractivity contribution in [3.05, 3.63) is 81.9 Å². The predicted octanol–water partition coefficient (Wildman–Crippen LogP) is 4.67. The van der Waals surface area contributed by atoms with Gasteiger partial charge < -0.3 is 4.57 Å². The maximum Gasteiger partial charge on any atom is 0.216 e. The van der Waals surface area contributed by atoms with Crippen molar-refractivity contribution in [2.45, 2.75) is 25.6 Å². The van der Waals surface area contributed by atoms with E-state index in [0.717, 1.165) is 17.1 Å². The number of aromatic nitrogens is 2. The van der Waals surface area contributed by atoms with Gasteiger partial charge in [0.25, 0.3) is 0 Å². The molecule has 1 heterocycles. The average molecular weight is 424 g/mol. The van der Waals surface area contributed by atoms with Crippen LogP contribution in [0.25, 0.3) is 5.69 Å². The molecule has 5 nitrogen and oxygen atoms in total. The summed E-state index contributed by atoms with van der Waals surface area (Å²) < 4.78 is 29.7. The molecule has 0 aliphatic rings. The fraction of sp³-hybridized carbons (Fsp3) is 0.211. The van der Waals surface area contributed by atoms with Gasteiger partial charge in [0.2, 0.25) is 10.0 Å². The van der Waals surface area contributed by atoms with Gasteiger partial charge in [0.15, 0.2) is 0 Å². The summed E-state index contributed by atoms with van der Waals surface area (Å²) in [4.78, 5) is 4.20. The lowest BCUT2D eigenvalue weighted by Crippen LogP contribution is -2.28. The van der Waals surface area contributed by atoms with Gasteiger partial charge in [-0.1, -0.05) is 41.4 Å². The first-order valence-corrected chi connectivity index (χ1v) is 10.7. The molecular weight excluding hydrogens is 405 g/mol. The Bertz CT molecular complexity index is 1030. The molecule has 0 bridgehead atoms. The highest BCUT2D eigenvalue weighted by atomic mass is 35.5. The van der Waals surface area contributed by atoms with Crippen LogP contribution < -0.4 is 4.72 Å². The number of rotatable bonds is 6. The minimum atomic E-state index is -3.62. The Labute approximate surface area is 169 Å². The van der Waals surface area contributed by atoms with Crippen LogP contribution in [-0.4, -0.2) is 18.0 Å². The molecule has 1 aromatic heterocycles. The van der Waals surface area contributed by atoms with Gasteiger partial charge in [-0.25, -0.2) is 18.1 Å². The largest absolute Gasteiger partial charge is 0.304 e. The Balaban J connectivity index is 1.74. The predicted molar refractivity (Wildman–Crippen MR) is 109 cm³/mol. The van der Waals surface area contributed by atoms with E-state index in [2.05, 4.69) is 9.71 Å². The number of nitrogens with one attached hydrogen (secondary N) is 1. The first-order valence-electron chi connectivity index (χ1n) is 8.30. The van der Waals surface area contributed by atoms with Gasteiger partial charge in [-0.3, -0.25) is 0 Å². The molecule has 0 amide bonds. The molecule has 142 valence electrons. The van der Waals surface area contributed by atoms with Crippen LogP contribution in [0.1, 0.15) is 29.9 Å². The molecule has 8 heteroatoms. The van der Waals surface area contributed by atoms with E-state index < -0.39 is 16.1 Å². The smallest absolute Gasteiger partial charge is 0.216 e. The lowest BCUT2D eigenvalue weighted by Gasteiger charge is -2.16. The molecule has 27 heavy (non-hydrogen) atoms. The van der Waals surface area contributed by atoms with E-state index in [1.54, 1.807) is 31.3 Å². The van der Waals surface area contributed by atoms with Crippen molar-refractivity contribution in [1.82, 2.24) is 14.3 Å². The molecule has 1 N–H and O–H groups in total. The first-order chi connectivity index (χ1) is 12.8. The zero-order valence-electron chi connectivity index (χ0n) is 14.9. The third-order valence-electron chi connectivity index (χ3n) is 4.25. The van der Waals surface area contributed by atoms with Crippen molar-refractivity contribution in [1.29, 1.82) is 0 Å². The third-order valence-corrected chi connectivity index (χ3v) is 6.34. The third kappa shape index (κ3) is 4.71. The quantitative estimate of drug-likeness (QED) is 0.626. The summed E-state index contributed by atoms with van der Waals surface area (Å²) in [6.07, 6.45) is 3.61. The Kier molecular flexibility index (Phi) is 5.91. The van der Waals surface area contributed by atoms with E-state index in [9.17, 15) is 8.42 Å². The molecule has 3 rings (SSSR count). The molecule has 0 unspecified atom stereocenters. The van der Waals surface area contributed by atoms with Crippen LogP contribution in [-0.2, 0) is 15.8 Å². The number of hydrogen-bond acceptors (Lipinski definition) is 3. The van der Waals surface area contributed by atoms with Gasteiger partial charge in [-0.15, -0.1) is 0 Å². The number of halogens is 2. The normalized spacial score (nSPS) is 12.9. The molecule has 0 aliphatic carbocycles. The molecule has 0 radical (unpaired) electrons. The van der Waals surface area contributed by atoms with Gasteiger partial charge in [0.1, 0.15) is 5.82 Å². The number of aryl methyl sites for hydroxylation is 1. The van der Waals surface area contributed by atoms with Crippen LogP contribution in [0, 0.1) is 6.92 Å². The van der Waals surface area contributed by atoms with Crippen LogP contribution >= 0.6 is 23.2 Å². The van der Waals surface area contributed by atoms with E-state index in [1.165, 1.54) is 0 Å². The molecule has 0 saturated heterocycles. The lowest BCUT2D eigenvalue weighted by molar-refractivity contribution is 0.566. The molecule has 3 aromatic rings. The summed E-state index contributed by atoms with van der Waals surface area (Å²) in [5, 5.41) is 0.668. The van der Waals surface area contributed by atoms with Gasteiger partial charge in [-0.2, -0.15) is 0 Å². The topological polar surface area (TPSA) is 64.0 Å². The van der Waals surface area contributed by atoms with Crippen molar-refractivity contribution in [2.24, 2.45) is 0 Å². The molecule has 1 atom stereocenters. The Morgan fingerprint density at radius 1 is 1.11 bits per heavy atom. The monoisotopic (exact) mass is 423 g/mol. The van der Waals surface area contributed by atoms with E-state index >= 15 is 0 Å². The number of imidazole rings is 1. The van der Waals surface area contributed by atoms with Crippen molar-refractivity contribution in [3.63, 3.8) is 0 Å². The molecular formula is C19H19Cl2N3O2S. The van der Waals surface area contributed by atoms with Gasteiger partial charge >= 0.3 is 0 Å². The SMILES string of the molecule is Cc1nccn1-c1ccc([C@@H](C)NS(=O)(=O)Cc2c(Cl)cccc2Cl)cc1. The summed E-state index contributed by atoms with van der Waals surface area (Å²) in [5.41, 5.74) is 2.21. The summed E-state index contributed by atoms with van der Waals surface area (Å²) >= 11 is 12.2. The molecule has 0 fully saturated rings. The molecule has 0 aliphatic heterocycles. The standard InChI is InChI=1S/C19H19Cl2N3O2S/c1-13(15-6-8-16(9-7-15)24-11-10-22-14(24)2)23-27(25,26)12-17-18(20)4-3-5-19(17)21/h3-11,13,23H,12H2,1-2H3/t13-/m1/s1. The first kappa shape index (κ1) is 19.9. The average Bonchev–Trinajstić information content (AvgIpc) is 3.04. The van der Waals surface area contributed by atoms with Crippen molar-refractivity contribution < 1.29 is 8.42 Å². The van der Waals surface area contributed by atoms with E-state index in [-0.39, 0.29) is 5.75 Å². The Morgan fingerprint density at radius 3 is 2.30 bits per heavy atom. The Hall–Kier alpha value is -1.86. The fourth-order valence-corrected chi connectivity index (χ4v) is 4.95. The van der Waals surface area contributed by atoms with E-state index in [4.69, 9.17) is 23.2 Å². The van der Waals surface area contributed by atoms with Crippen LogP contribution in [0.2, 0.25) is 10.0 Å². The van der Waals surface area contributed by atoms with Crippen LogP contribution in [0.15, 0.2) is 54.9 Å². The zero-order chi connectivity index (χ0) is 19.6.